The smallest absolute Gasteiger partial charge is 0.405 e. The van der Waals surface area contributed by atoms with Crippen molar-refractivity contribution in [2.24, 2.45) is 0 Å². The van der Waals surface area contributed by atoms with Crippen molar-refractivity contribution in [1.82, 2.24) is 9.97 Å². The fourth-order valence-electron chi connectivity index (χ4n) is 4.03. The summed E-state index contributed by atoms with van der Waals surface area (Å²) in [5.41, 5.74) is -0.478. The quantitative estimate of drug-likeness (QED) is 0.356. The lowest BCUT2D eigenvalue weighted by atomic mass is 9.49. The Labute approximate surface area is 279 Å². The number of nitrogens with zero attached hydrogens (tertiary/aromatic N) is 4. The van der Waals surface area contributed by atoms with E-state index in [1.165, 1.54) is 0 Å². The Bertz CT molecular complexity index is 1310. The zero-order chi connectivity index (χ0) is 33.4. The molecule has 0 N–H and O–H groups in total. The van der Waals surface area contributed by atoms with Gasteiger partial charge in [0, 0.05) is 22.3 Å². The Morgan fingerprint density at radius 1 is 0.556 bits per heavy atom. The molecule has 5 heterocycles. The summed E-state index contributed by atoms with van der Waals surface area (Å²) in [5.74, 6) is 0. The summed E-state index contributed by atoms with van der Waals surface area (Å²) < 4.78 is 36.5. The molecule has 3 saturated heterocycles. The molecule has 0 unspecified atom stereocenters. The molecule has 3 aliphatic rings. The van der Waals surface area contributed by atoms with E-state index in [9.17, 15) is 0 Å². The summed E-state index contributed by atoms with van der Waals surface area (Å²) in [6, 6.07) is 10.8. The van der Waals surface area contributed by atoms with Crippen LogP contribution in [0.1, 0.15) is 102 Å². The molecule has 0 amide bonds. The number of pyridine rings is 2. The zero-order valence-corrected chi connectivity index (χ0v) is 29.4. The molecule has 242 valence electrons. The van der Waals surface area contributed by atoms with Crippen molar-refractivity contribution in [3.63, 3.8) is 0 Å². The summed E-state index contributed by atoms with van der Waals surface area (Å²) in [6.07, 6.45) is 3.22. The van der Waals surface area contributed by atoms with Gasteiger partial charge in [-0.05, 0) is 117 Å². The van der Waals surface area contributed by atoms with Crippen LogP contribution in [0.15, 0.2) is 41.1 Å². The fourth-order valence-corrected chi connectivity index (χ4v) is 4.27. The molecule has 0 spiro atoms. The predicted molar refractivity (Wildman–Crippen MR) is 180 cm³/mol. The Morgan fingerprint density at radius 2 is 0.889 bits per heavy atom. The van der Waals surface area contributed by atoms with Gasteiger partial charge in [0.1, 0.15) is 23.5 Å². The highest BCUT2D eigenvalue weighted by Gasteiger charge is 2.63. The highest BCUT2D eigenvalue weighted by atomic mass is 79.9. The number of hydrogen-bond donors (Lipinski definition) is 0. The minimum Gasteiger partial charge on any atom is -0.405 e. The van der Waals surface area contributed by atoms with Crippen LogP contribution < -0.4 is 5.46 Å². The summed E-state index contributed by atoms with van der Waals surface area (Å²) in [4.78, 5) is 7.80. The van der Waals surface area contributed by atoms with E-state index in [2.05, 4.69) is 25.9 Å². The third-order valence-electron chi connectivity index (χ3n) is 9.03. The van der Waals surface area contributed by atoms with Gasteiger partial charge in [-0.2, -0.15) is 10.5 Å². The molecule has 5 rings (SSSR count). The molecule has 0 aliphatic carbocycles. The van der Waals surface area contributed by atoms with Crippen molar-refractivity contribution < 1.29 is 27.9 Å². The van der Waals surface area contributed by atoms with Crippen LogP contribution >= 0.6 is 15.9 Å². The van der Waals surface area contributed by atoms with Gasteiger partial charge >= 0.3 is 21.1 Å². The van der Waals surface area contributed by atoms with E-state index < -0.39 is 21.1 Å². The van der Waals surface area contributed by atoms with E-state index in [0.717, 1.165) is 9.94 Å². The minimum absolute atomic E-state index is 0. The lowest BCUT2D eigenvalue weighted by Gasteiger charge is -2.32. The maximum atomic E-state index is 8.68. The normalized spacial score (nSPS) is 22.5. The lowest BCUT2D eigenvalue weighted by Crippen LogP contribution is -2.41. The van der Waals surface area contributed by atoms with Crippen molar-refractivity contribution in [3.8, 4) is 12.1 Å². The molecule has 2 aromatic rings. The third kappa shape index (κ3) is 8.75. The maximum absolute atomic E-state index is 8.68. The number of rotatable bonds is 2. The number of aromatic nitrogens is 2. The second-order valence-electron chi connectivity index (χ2n) is 13.9. The van der Waals surface area contributed by atoms with E-state index in [4.69, 9.17) is 38.4 Å². The van der Waals surface area contributed by atoms with Crippen molar-refractivity contribution in [3.05, 3.63) is 52.5 Å². The molecule has 0 radical (unpaired) electrons. The van der Waals surface area contributed by atoms with Crippen LogP contribution in [0.5, 0.6) is 0 Å². The number of nitriles is 2. The van der Waals surface area contributed by atoms with Gasteiger partial charge in [-0.25, -0.2) is 9.97 Å². The summed E-state index contributed by atoms with van der Waals surface area (Å²) >= 11 is 3.20. The Balaban J connectivity index is 0.000000245. The van der Waals surface area contributed by atoms with Crippen molar-refractivity contribution in [2.45, 2.75) is 124 Å². The topological polar surface area (TPSA) is 129 Å². The molecule has 2 aromatic heterocycles. The van der Waals surface area contributed by atoms with E-state index in [1.54, 1.807) is 30.6 Å². The zero-order valence-electron chi connectivity index (χ0n) is 27.8. The average molecular weight is 683 g/mol. The van der Waals surface area contributed by atoms with Gasteiger partial charge in [-0.3, -0.25) is 0 Å². The van der Waals surface area contributed by atoms with E-state index >= 15 is 0 Å². The van der Waals surface area contributed by atoms with Crippen LogP contribution in [-0.2, 0) is 27.9 Å². The minimum atomic E-state index is -0.476. The van der Waals surface area contributed by atoms with Crippen LogP contribution in [0, 0.1) is 22.7 Å². The molecule has 0 aromatic carbocycles. The molecule has 0 saturated carbocycles. The first-order valence-electron chi connectivity index (χ1n) is 14.5. The van der Waals surface area contributed by atoms with Crippen LogP contribution in [0.4, 0.5) is 0 Å². The highest BCUT2D eigenvalue weighted by molar-refractivity contribution is 9.10. The van der Waals surface area contributed by atoms with Gasteiger partial charge in [0.2, 0.25) is 0 Å². The van der Waals surface area contributed by atoms with E-state index in [-0.39, 0.29) is 41.0 Å². The van der Waals surface area contributed by atoms with Gasteiger partial charge < -0.3 is 27.9 Å². The molecular weight excluding hydrogens is 637 g/mol. The van der Waals surface area contributed by atoms with Crippen molar-refractivity contribution >= 4 is 42.5 Å². The van der Waals surface area contributed by atoms with Gasteiger partial charge in [0.05, 0.1) is 33.6 Å². The lowest BCUT2D eigenvalue weighted by molar-refractivity contribution is 0.00578. The monoisotopic (exact) mass is 682 g/mol. The summed E-state index contributed by atoms with van der Waals surface area (Å²) in [6.45, 7) is 24.2. The molecule has 10 nitrogen and oxygen atoms in total. The average Bonchev–Trinajstić information content (AvgIpc) is 3.39. The van der Waals surface area contributed by atoms with Crippen LogP contribution in [0.3, 0.4) is 0 Å². The standard InChI is InChI=1S/C12H24B2O4.C12H15BN2O2.C6H3BrN2.CH4/c1-9(2)10(3,4)16-13(15-9)14-17-11(5,6)12(7,8)18-14;1-11(2)12(3,4)17-13(16-11)9-5-6-10(7-14)15-8-9;7-5-1-2-6(3-8)9-4-5;/h1-8H3;5-6,8H,1-4H3;1-2,4H;1H4. The number of hydrogen-bond acceptors (Lipinski definition) is 10. The van der Waals surface area contributed by atoms with Crippen LogP contribution in [0.25, 0.3) is 0 Å². The molecule has 45 heavy (non-hydrogen) atoms. The second kappa shape index (κ2) is 13.8. The van der Waals surface area contributed by atoms with Gasteiger partial charge in [0.15, 0.2) is 0 Å². The van der Waals surface area contributed by atoms with E-state index in [0.29, 0.717) is 11.4 Å². The molecule has 3 aliphatic heterocycles. The summed E-state index contributed by atoms with van der Waals surface area (Å²) in [7, 11) is -1.37. The van der Waals surface area contributed by atoms with Crippen molar-refractivity contribution in [1.29, 1.82) is 10.5 Å². The van der Waals surface area contributed by atoms with Crippen LogP contribution in [0.2, 0.25) is 0 Å². The number of halogens is 1. The van der Waals surface area contributed by atoms with E-state index in [1.807, 2.05) is 101 Å². The SMILES string of the molecule is C.CC1(C)OB(B2OC(C)(C)C(C)(C)O2)OC1(C)C.CC1(C)OB(c2ccc(C#N)nc2)OC1(C)C.N#Cc1ccc(Br)cn1. The molecular formula is C31H46B3BrN4O6. The molecule has 14 heteroatoms. The Morgan fingerprint density at radius 3 is 1.18 bits per heavy atom. The Hall–Kier alpha value is -2.29. The first kappa shape index (κ1) is 38.9. The van der Waals surface area contributed by atoms with Crippen LogP contribution in [-0.4, -0.2) is 64.7 Å². The highest BCUT2D eigenvalue weighted by Crippen LogP contribution is 2.43. The second-order valence-corrected chi connectivity index (χ2v) is 14.8. The maximum Gasteiger partial charge on any atom is 0.496 e. The first-order chi connectivity index (χ1) is 20.1. The fraction of sp³-hybridized carbons (Fsp3) is 0.613. The van der Waals surface area contributed by atoms with Gasteiger partial charge in [0.25, 0.3) is 0 Å². The summed E-state index contributed by atoms with van der Waals surface area (Å²) in [5, 5.41) is 17.0. The largest absolute Gasteiger partial charge is 0.496 e. The van der Waals surface area contributed by atoms with Gasteiger partial charge in [-0.15, -0.1) is 0 Å². The predicted octanol–water partition coefficient (Wildman–Crippen LogP) is 5.85. The molecule has 0 bridgehead atoms. The molecule has 0 atom stereocenters. The van der Waals surface area contributed by atoms with Crippen molar-refractivity contribution in [2.75, 3.05) is 0 Å². The van der Waals surface area contributed by atoms with Gasteiger partial charge in [-0.1, -0.05) is 13.5 Å². The molecule has 3 fully saturated rings. The first-order valence-corrected chi connectivity index (χ1v) is 15.3. The Kier molecular flexibility index (Phi) is 12.0. The third-order valence-corrected chi connectivity index (χ3v) is 9.50.